The van der Waals surface area contributed by atoms with E-state index >= 15 is 0 Å². The number of carbonyl (C=O) groups is 2. The summed E-state index contributed by atoms with van der Waals surface area (Å²) >= 11 is 0. The molecule has 3 aromatic rings. The number of benzene rings is 2. The lowest BCUT2D eigenvalue weighted by Crippen LogP contribution is -2.12. The van der Waals surface area contributed by atoms with Crippen molar-refractivity contribution in [3.63, 3.8) is 0 Å². The third-order valence-corrected chi connectivity index (χ3v) is 3.33. The van der Waals surface area contributed by atoms with Gasteiger partial charge in [-0.25, -0.2) is 4.79 Å². The Hall–Kier alpha value is -3.28. The van der Waals surface area contributed by atoms with Crippen LogP contribution in [0.15, 0.2) is 60.9 Å². The van der Waals surface area contributed by atoms with E-state index in [0.717, 1.165) is 0 Å². The lowest BCUT2D eigenvalue weighted by atomic mass is 9.99. The molecule has 0 radical (unpaired) electrons. The van der Waals surface area contributed by atoms with E-state index in [-0.39, 0.29) is 5.78 Å². The minimum atomic E-state index is -0.507. The number of esters is 1. The molecule has 0 aliphatic heterocycles. The molecule has 6 nitrogen and oxygen atoms in total. The van der Waals surface area contributed by atoms with Gasteiger partial charge in [0.1, 0.15) is 0 Å². The Morgan fingerprint density at radius 3 is 2.30 bits per heavy atom. The first-order chi connectivity index (χ1) is 11.2. The molecule has 6 heteroatoms. The Labute approximate surface area is 132 Å². The van der Waals surface area contributed by atoms with Crippen LogP contribution >= 0.6 is 0 Å². The van der Waals surface area contributed by atoms with Crippen molar-refractivity contribution in [1.29, 1.82) is 0 Å². The summed E-state index contributed by atoms with van der Waals surface area (Å²) in [6.45, 7) is 0. The van der Waals surface area contributed by atoms with E-state index in [0.29, 0.717) is 22.4 Å². The quantitative estimate of drug-likeness (QED) is 0.546. The van der Waals surface area contributed by atoms with Crippen LogP contribution in [0.2, 0.25) is 0 Å². The smallest absolute Gasteiger partial charge is 0.337 e. The van der Waals surface area contributed by atoms with Gasteiger partial charge in [0.2, 0.25) is 0 Å². The van der Waals surface area contributed by atoms with Gasteiger partial charge in [-0.2, -0.15) is 15.0 Å². The molecule has 0 fully saturated rings. The zero-order valence-electron chi connectivity index (χ0n) is 12.3. The van der Waals surface area contributed by atoms with Crippen molar-refractivity contribution >= 4 is 11.8 Å². The average Bonchev–Trinajstić information content (AvgIpc) is 3.15. The minimum absolute atomic E-state index is 0.219. The molecule has 0 aliphatic rings. The Bertz CT molecular complexity index is 843. The summed E-state index contributed by atoms with van der Waals surface area (Å²) in [4.78, 5) is 25.9. The third kappa shape index (κ3) is 2.87. The summed E-state index contributed by atoms with van der Waals surface area (Å²) in [5, 5.41) is 8.11. The third-order valence-electron chi connectivity index (χ3n) is 3.33. The van der Waals surface area contributed by atoms with Gasteiger partial charge in [-0.1, -0.05) is 30.3 Å². The molecule has 23 heavy (non-hydrogen) atoms. The monoisotopic (exact) mass is 307 g/mol. The maximum absolute atomic E-state index is 12.8. The van der Waals surface area contributed by atoms with E-state index in [1.165, 1.54) is 30.4 Å². The number of carbonyl (C=O) groups excluding carboxylic acids is 2. The van der Waals surface area contributed by atoms with E-state index in [9.17, 15) is 9.59 Å². The van der Waals surface area contributed by atoms with Crippen LogP contribution in [-0.2, 0) is 4.74 Å². The second-order valence-corrected chi connectivity index (χ2v) is 4.74. The molecule has 1 aromatic heterocycles. The van der Waals surface area contributed by atoms with Crippen molar-refractivity contribution in [3.8, 4) is 5.69 Å². The normalized spacial score (nSPS) is 10.3. The number of nitrogens with zero attached hydrogens (tertiary/aromatic N) is 3. The second-order valence-electron chi connectivity index (χ2n) is 4.74. The number of rotatable bonds is 4. The molecule has 0 bridgehead atoms. The Morgan fingerprint density at radius 2 is 1.65 bits per heavy atom. The summed E-state index contributed by atoms with van der Waals surface area (Å²) < 4.78 is 4.72. The first-order valence-electron chi connectivity index (χ1n) is 6.89. The molecule has 0 amide bonds. The predicted molar refractivity (Wildman–Crippen MR) is 82.6 cm³/mol. The molecule has 0 unspecified atom stereocenters. The zero-order chi connectivity index (χ0) is 16.2. The lowest BCUT2D eigenvalue weighted by Gasteiger charge is -2.10. The molecule has 2 aromatic carbocycles. The maximum Gasteiger partial charge on any atom is 0.337 e. The highest BCUT2D eigenvalue weighted by Gasteiger charge is 2.18. The van der Waals surface area contributed by atoms with E-state index < -0.39 is 5.97 Å². The fourth-order valence-corrected chi connectivity index (χ4v) is 2.22. The molecule has 114 valence electrons. The van der Waals surface area contributed by atoms with Crippen molar-refractivity contribution in [3.05, 3.63) is 77.6 Å². The molecule has 0 saturated heterocycles. The van der Waals surface area contributed by atoms with Crippen LogP contribution in [-0.4, -0.2) is 33.9 Å². The van der Waals surface area contributed by atoms with Crippen LogP contribution < -0.4 is 0 Å². The largest absolute Gasteiger partial charge is 0.465 e. The van der Waals surface area contributed by atoms with E-state index in [1.807, 2.05) is 6.07 Å². The van der Waals surface area contributed by atoms with Gasteiger partial charge in [0.05, 0.1) is 36.3 Å². The highest BCUT2D eigenvalue weighted by atomic mass is 16.5. The van der Waals surface area contributed by atoms with Gasteiger partial charge in [0.25, 0.3) is 0 Å². The van der Waals surface area contributed by atoms with Gasteiger partial charge in [-0.15, -0.1) is 0 Å². The fourth-order valence-electron chi connectivity index (χ4n) is 2.22. The zero-order valence-corrected chi connectivity index (χ0v) is 12.3. The van der Waals surface area contributed by atoms with Crippen LogP contribution in [0.5, 0.6) is 0 Å². The fraction of sp³-hybridized carbons (Fsp3) is 0.0588. The number of ketones is 1. The number of methoxy groups -OCH3 is 1. The minimum Gasteiger partial charge on any atom is -0.465 e. The van der Waals surface area contributed by atoms with Crippen molar-refractivity contribution in [1.82, 2.24) is 15.0 Å². The topological polar surface area (TPSA) is 74.1 Å². The van der Waals surface area contributed by atoms with Crippen LogP contribution in [0.25, 0.3) is 5.69 Å². The number of ether oxygens (including phenoxy) is 1. The van der Waals surface area contributed by atoms with Crippen LogP contribution in [0.3, 0.4) is 0 Å². The van der Waals surface area contributed by atoms with Gasteiger partial charge >= 0.3 is 5.97 Å². The lowest BCUT2D eigenvalue weighted by molar-refractivity contribution is 0.0600. The number of hydrogen-bond acceptors (Lipinski definition) is 5. The van der Waals surface area contributed by atoms with E-state index in [4.69, 9.17) is 4.74 Å². The highest BCUT2D eigenvalue weighted by molar-refractivity contribution is 6.12. The summed E-state index contributed by atoms with van der Waals surface area (Å²) in [5.74, 6) is -0.726. The number of aromatic nitrogens is 3. The van der Waals surface area contributed by atoms with Crippen LogP contribution in [0, 0.1) is 0 Å². The van der Waals surface area contributed by atoms with Gasteiger partial charge in [-0.05, 0) is 18.2 Å². The summed E-state index contributed by atoms with van der Waals surface area (Å²) in [7, 11) is 1.30. The van der Waals surface area contributed by atoms with Gasteiger partial charge in [0.15, 0.2) is 5.78 Å². The van der Waals surface area contributed by atoms with E-state index in [1.54, 1.807) is 36.4 Å². The Kier molecular flexibility index (Phi) is 3.97. The first kappa shape index (κ1) is 14.6. The van der Waals surface area contributed by atoms with Gasteiger partial charge in [-0.3, -0.25) is 4.79 Å². The second kappa shape index (κ2) is 6.23. The van der Waals surface area contributed by atoms with Crippen molar-refractivity contribution in [2.24, 2.45) is 0 Å². The molecular formula is C17H13N3O3. The van der Waals surface area contributed by atoms with Gasteiger partial charge < -0.3 is 4.74 Å². The van der Waals surface area contributed by atoms with Crippen molar-refractivity contribution in [2.45, 2.75) is 0 Å². The Morgan fingerprint density at radius 1 is 0.957 bits per heavy atom. The summed E-state index contributed by atoms with van der Waals surface area (Å²) in [6.07, 6.45) is 3.04. The predicted octanol–water partition coefficient (Wildman–Crippen LogP) is 2.28. The SMILES string of the molecule is COC(=O)c1ccc(-n2nccn2)c(C(=O)c2ccccc2)c1. The molecule has 0 aliphatic carbocycles. The molecule has 0 spiro atoms. The molecular weight excluding hydrogens is 294 g/mol. The number of hydrogen-bond donors (Lipinski definition) is 0. The molecule has 0 N–H and O–H groups in total. The molecule has 0 atom stereocenters. The first-order valence-corrected chi connectivity index (χ1v) is 6.89. The Balaban J connectivity index is 2.15. The van der Waals surface area contributed by atoms with Gasteiger partial charge in [0, 0.05) is 5.56 Å². The van der Waals surface area contributed by atoms with Crippen LogP contribution in [0.4, 0.5) is 0 Å². The van der Waals surface area contributed by atoms with Crippen LogP contribution in [0.1, 0.15) is 26.3 Å². The van der Waals surface area contributed by atoms with E-state index in [2.05, 4.69) is 10.2 Å². The maximum atomic E-state index is 12.8. The van der Waals surface area contributed by atoms with Crippen molar-refractivity contribution < 1.29 is 14.3 Å². The molecule has 1 heterocycles. The summed E-state index contributed by atoms with van der Waals surface area (Å²) in [6, 6.07) is 13.5. The molecule has 0 saturated carbocycles. The van der Waals surface area contributed by atoms with Crippen molar-refractivity contribution in [2.75, 3.05) is 7.11 Å². The average molecular weight is 307 g/mol. The standard InChI is InChI=1S/C17H13N3O3/c1-23-17(22)13-7-8-15(20-18-9-10-19-20)14(11-13)16(21)12-5-3-2-4-6-12/h2-11H,1H3. The molecule has 3 rings (SSSR count). The summed E-state index contributed by atoms with van der Waals surface area (Å²) in [5.41, 5.74) is 1.64. The highest BCUT2D eigenvalue weighted by Crippen LogP contribution is 2.20.